The van der Waals surface area contributed by atoms with Crippen LogP contribution in [-0.2, 0) is 23.2 Å². The number of allylic oxidation sites excluding steroid dienone is 6. The topological polar surface area (TPSA) is 0 Å². The number of rotatable bonds is 7. The molecule has 0 aromatic heterocycles. The van der Waals surface area contributed by atoms with E-state index in [0.29, 0.717) is 0 Å². The Bertz CT molecular complexity index is 656. The second-order valence-corrected chi connectivity index (χ2v) is 9.74. The van der Waals surface area contributed by atoms with Crippen LogP contribution in [0.4, 0.5) is 0 Å². The van der Waals surface area contributed by atoms with E-state index in [0.717, 1.165) is 10.0 Å². The predicted octanol–water partition coefficient (Wildman–Crippen LogP) is 0.196. The summed E-state index contributed by atoms with van der Waals surface area (Å²) in [5, 5.41) is 0. The molecule has 0 heterocycles. The minimum atomic E-state index is -0.616. The molecule has 24 heavy (non-hydrogen) atoms. The maximum Gasteiger partial charge on any atom is -1.00 e. The van der Waals surface area contributed by atoms with Gasteiger partial charge in [0.2, 0.25) is 0 Å². The van der Waals surface area contributed by atoms with Crippen LogP contribution >= 0.6 is 0 Å². The summed E-state index contributed by atoms with van der Waals surface area (Å²) >= 11 is -0.616. The Morgan fingerprint density at radius 2 is 2.04 bits per heavy atom. The second-order valence-electron chi connectivity index (χ2n) is 6.13. The fourth-order valence-corrected chi connectivity index (χ4v) is 7.76. The minimum Gasteiger partial charge on any atom is -1.00 e. The number of benzene rings is 1. The molecule has 1 unspecified atom stereocenters. The van der Waals surface area contributed by atoms with Gasteiger partial charge in [-0.05, 0) is 0 Å². The normalized spacial score (nSPS) is 17.5. The summed E-state index contributed by atoms with van der Waals surface area (Å²) in [6, 6.07) is 8.99. The summed E-state index contributed by atoms with van der Waals surface area (Å²) in [5.74, 6) is 0. The van der Waals surface area contributed by atoms with Crippen LogP contribution in [0.3, 0.4) is 0 Å². The van der Waals surface area contributed by atoms with Crippen molar-refractivity contribution in [2.24, 2.45) is 0 Å². The molecule has 126 valence electrons. The van der Waals surface area contributed by atoms with Crippen molar-refractivity contribution in [1.29, 1.82) is 0 Å². The average molecular weight is 439 g/mol. The van der Waals surface area contributed by atoms with Gasteiger partial charge in [0.1, 0.15) is 0 Å². The first kappa shape index (κ1) is 21.7. The van der Waals surface area contributed by atoms with Gasteiger partial charge in [-0.3, -0.25) is 0 Å². The van der Waals surface area contributed by atoms with E-state index in [2.05, 4.69) is 62.1 Å². The van der Waals surface area contributed by atoms with Gasteiger partial charge in [-0.1, -0.05) is 0 Å². The Hall–Kier alpha value is -0.357. The van der Waals surface area contributed by atoms with Crippen molar-refractivity contribution in [3.05, 3.63) is 74.6 Å². The zero-order chi connectivity index (χ0) is 15.4. The zero-order valence-electron chi connectivity index (χ0n) is 14.2. The number of halogens is 2. The fourth-order valence-electron chi connectivity index (χ4n) is 3.38. The van der Waals surface area contributed by atoms with E-state index >= 15 is 0 Å². The first-order valence-electron chi connectivity index (χ1n) is 8.39. The molecule has 0 fully saturated rings. The van der Waals surface area contributed by atoms with Crippen molar-refractivity contribution in [3.8, 4) is 0 Å². The van der Waals surface area contributed by atoms with Gasteiger partial charge >= 0.3 is 147 Å². The molecule has 0 amide bonds. The second kappa shape index (κ2) is 10.6. The smallest absolute Gasteiger partial charge is 1.00 e. The molecular weight excluding hydrogens is 414 g/mol. The number of unbranched alkanes of at least 4 members (excludes halogenated alkanes) is 1. The van der Waals surface area contributed by atoms with E-state index in [9.17, 15) is 0 Å². The molecule has 0 saturated carbocycles. The van der Waals surface area contributed by atoms with Crippen LogP contribution in [0, 0.1) is 0 Å². The van der Waals surface area contributed by atoms with Crippen LogP contribution in [0.5, 0.6) is 0 Å². The number of hydrogen-bond acceptors (Lipinski definition) is 0. The van der Waals surface area contributed by atoms with Gasteiger partial charge in [-0.15, -0.1) is 0 Å². The van der Waals surface area contributed by atoms with Crippen molar-refractivity contribution in [1.82, 2.24) is 0 Å². The number of hydrogen-bond donors (Lipinski definition) is 0. The van der Waals surface area contributed by atoms with Gasteiger partial charge in [-0.2, -0.15) is 0 Å². The maximum absolute atomic E-state index is 3.96. The molecule has 1 aromatic rings. The van der Waals surface area contributed by atoms with E-state index in [-0.39, 0.29) is 24.8 Å². The van der Waals surface area contributed by atoms with Crippen molar-refractivity contribution < 1.29 is 48.0 Å². The van der Waals surface area contributed by atoms with Gasteiger partial charge in [0, 0.05) is 0 Å². The maximum atomic E-state index is 3.96. The molecule has 1 aromatic carbocycles. The molecule has 2 aliphatic rings. The van der Waals surface area contributed by atoms with E-state index < -0.39 is 23.2 Å². The minimum absolute atomic E-state index is 0. The van der Waals surface area contributed by atoms with Crippen molar-refractivity contribution in [2.45, 2.75) is 42.7 Å². The average Bonchev–Trinajstić information content (AvgIpc) is 3.11. The molecule has 0 aliphatic heterocycles. The molecule has 3 rings (SSSR count). The Morgan fingerprint density at radius 1 is 1.25 bits per heavy atom. The third-order valence-electron chi connectivity index (χ3n) is 4.55. The van der Waals surface area contributed by atoms with Crippen molar-refractivity contribution in [2.75, 3.05) is 0 Å². The summed E-state index contributed by atoms with van der Waals surface area (Å²) in [7, 11) is 0. The van der Waals surface area contributed by atoms with E-state index in [4.69, 9.17) is 0 Å². The van der Waals surface area contributed by atoms with Crippen LogP contribution < -0.4 is 24.8 Å². The van der Waals surface area contributed by atoms with Gasteiger partial charge in [-0.25, -0.2) is 0 Å². The molecule has 0 N–H and O–H groups in total. The summed E-state index contributed by atoms with van der Waals surface area (Å²) in [6.07, 6.45) is 15.5. The molecule has 0 spiro atoms. The SMILES string of the molecule is C=CCC1=Cc2ccccc2[CH]1[Zr+2][C]1=C(CCCC)C=CC1.[Cl-].[Cl-]. The van der Waals surface area contributed by atoms with Crippen LogP contribution in [0.25, 0.3) is 6.08 Å². The molecule has 0 saturated heterocycles. The molecule has 1 atom stereocenters. The van der Waals surface area contributed by atoms with Gasteiger partial charge in [0.05, 0.1) is 0 Å². The summed E-state index contributed by atoms with van der Waals surface area (Å²) in [4.78, 5) is 0. The fraction of sp³-hybridized carbons (Fsp3) is 0.333. The Morgan fingerprint density at radius 3 is 2.79 bits per heavy atom. The molecule has 2 aliphatic carbocycles. The first-order valence-corrected chi connectivity index (χ1v) is 11.0. The Kier molecular flexibility index (Phi) is 9.57. The van der Waals surface area contributed by atoms with Crippen molar-refractivity contribution in [3.63, 3.8) is 0 Å². The number of fused-ring (bicyclic) bond motifs is 1. The first-order chi connectivity index (χ1) is 10.8. The van der Waals surface area contributed by atoms with E-state index in [1.807, 2.05) is 3.28 Å². The van der Waals surface area contributed by atoms with Gasteiger partial charge in [0.25, 0.3) is 0 Å². The van der Waals surface area contributed by atoms with Gasteiger partial charge < -0.3 is 24.8 Å². The monoisotopic (exact) mass is 436 g/mol. The quantitative estimate of drug-likeness (QED) is 0.534. The summed E-state index contributed by atoms with van der Waals surface area (Å²) in [5.41, 5.74) is 6.32. The van der Waals surface area contributed by atoms with Crippen LogP contribution in [0.1, 0.15) is 53.8 Å². The van der Waals surface area contributed by atoms with Gasteiger partial charge in [0.15, 0.2) is 0 Å². The third-order valence-corrected chi connectivity index (χ3v) is 9.08. The Labute approximate surface area is 170 Å². The molecule has 0 bridgehead atoms. The predicted molar refractivity (Wildman–Crippen MR) is 92.3 cm³/mol. The third kappa shape index (κ3) is 4.84. The molecule has 0 radical (unpaired) electrons. The Balaban J connectivity index is 0.00000144. The van der Waals surface area contributed by atoms with Crippen LogP contribution in [0.15, 0.2) is 63.5 Å². The van der Waals surface area contributed by atoms with Crippen LogP contribution in [-0.4, -0.2) is 0 Å². The van der Waals surface area contributed by atoms with E-state index in [1.54, 1.807) is 16.7 Å². The molecule has 0 nitrogen and oxygen atoms in total. The molecule has 3 heteroatoms. The summed E-state index contributed by atoms with van der Waals surface area (Å²) in [6.45, 7) is 6.25. The molecular formula is C21H24Cl2Zr. The summed E-state index contributed by atoms with van der Waals surface area (Å²) < 4.78 is 2.55. The zero-order valence-corrected chi connectivity index (χ0v) is 18.2. The van der Waals surface area contributed by atoms with E-state index in [1.165, 1.54) is 31.2 Å². The van der Waals surface area contributed by atoms with Crippen molar-refractivity contribution >= 4 is 6.08 Å². The van der Waals surface area contributed by atoms with Crippen LogP contribution in [0.2, 0.25) is 0 Å². The largest absolute Gasteiger partial charge is 1.00 e. The standard InChI is InChI=1S/C12H11.C9H13.2ClH.Zr/c1-2-5-10-8-11-6-3-4-7-12(11)9-10;1-2-3-6-9-7-4-5-8-9;;;/h2-4,6-9H,1,5H2;4,7H,2-3,5-6H2,1H3;2*1H;/q;;;;+2/p-2.